The third-order valence-electron chi connectivity index (χ3n) is 1.42. The van der Waals surface area contributed by atoms with Crippen LogP contribution in [0.5, 0.6) is 0 Å². The van der Waals surface area contributed by atoms with Crippen LogP contribution in [0.25, 0.3) is 0 Å². The third-order valence-corrected chi connectivity index (χ3v) is 1.42. The van der Waals surface area contributed by atoms with Crippen molar-refractivity contribution in [3.8, 4) is 0 Å². The average Bonchev–Trinajstić information content (AvgIpc) is 1.84. The first kappa shape index (κ1) is 9.59. The minimum atomic E-state index is -1.22. The summed E-state index contributed by atoms with van der Waals surface area (Å²) in [5, 5.41) is 18.1. The number of ketones is 1. The molecule has 2 atom stereocenters. The number of aliphatic hydroxyl groups excluding tert-OH is 2. The maximum atomic E-state index is 10.5. The SMILES string of the molecule is CC(=O)[C@H](O)[C@@H](O)C(C)C. The molecule has 10 heavy (non-hydrogen) atoms. The lowest BCUT2D eigenvalue weighted by Gasteiger charge is -2.17. The molecular weight excluding hydrogens is 132 g/mol. The monoisotopic (exact) mass is 146 g/mol. The van der Waals surface area contributed by atoms with E-state index in [2.05, 4.69) is 0 Å². The summed E-state index contributed by atoms with van der Waals surface area (Å²) in [6.45, 7) is 4.75. The van der Waals surface area contributed by atoms with Gasteiger partial charge in [0, 0.05) is 0 Å². The van der Waals surface area contributed by atoms with E-state index in [-0.39, 0.29) is 11.7 Å². The van der Waals surface area contributed by atoms with E-state index in [1.54, 1.807) is 13.8 Å². The van der Waals surface area contributed by atoms with Gasteiger partial charge >= 0.3 is 0 Å². The fraction of sp³-hybridized carbons (Fsp3) is 0.857. The maximum absolute atomic E-state index is 10.5. The molecule has 0 rings (SSSR count). The number of rotatable bonds is 3. The fourth-order valence-electron chi connectivity index (χ4n) is 0.605. The summed E-state index contributed by atoms with van der Waals surface area (Å²) in [7, 11) is 0. The zero-order valence-corrected chi connectivity index (χ0v) is 6.53. The van der Waals surface area contributed by atoms with Crippen LogP contribution in [0.1, 0.15) is 20.8 Å². The Kier molecular flexibility index (Phi) is 3.53. The van der Waals surface area contributed by atoms with Crippen molar-refractivity contribution in [1.82, 2.24) is 0 Å². The topological polar surface area (TPSA) is 57.5 Å². The van der Waals surface area contributed by atoms with Gasteiger partial charge < -0.3 is 10.2 Å². The number of hydrogen-bond acceptors (Lipinski definition) is 3. The normalized spacial score (nSPS) is 17.0. The summed E-state index contributed by atoms with van der Waals surface area (Å²) in [4.78, 5) is 10.5. The van der Waals surface area contributed by atoms with Gasteiger partial charge in [-0.3, -0.25) is 4.79 Å². The molecule has 0 fully saturated rings. The van der Waals surface area contributed by atoms with Crippen molar-refractivity contribution in [1.29, 1.82) is 0 Å². The first-order valence-electron chi connectivity index (χ1n) is 3.33. The number of hydrogen-bond donors (Lipinski definition) is 2. The molecule has 2 N–H and O–H groups in total. The Morgan fingerprint density at radius 1 is 1.30 bits per heavy atom. The molecule has 0 unspecified atom stereocenters. The van der Waals surface area contributed by atoms with Crippen LogP contribution < -0.4 is 0 Å². The molecule has 0 amide bonds. The molecule has 0 saturated heterocycles. The van der Waals surface area contributed by atoms with E-state index in [1.807, 2.05) is 0 Å². The lowest BCUT2D eigenvalue weighted by molar-refractivity contribution is -0.132. The summed E-state index contributed by atoms with van der Waals surface area (Å²) in [6, 6.07) is 0. The zero-order valence-electron chi connectivity index (χ0n) is 6.53. The van der Waals surface area contributed by atoms with Crippen molar-refractivity contribution in [3.63, 3.8) is 0 Å². The van der Waals surface area contributed by atoms with Crippen LogP contribution in [0.2, 0.25) is 0 Å². The van der Waals surface area contributed by atoms with Crippen molar-refractivity contribution in [3.05, 3.63) is 0 Å². The minimum absolute atomic E-state index is 0.0844. The van der Waals surface area contributed by atoms with Crippen LogP contribution in [0.4, 0.5) is 0 Å². The molecule has 0 heterocycles. The summed E-state index contributed by atoms with van der Waals surface area (Å²) in [5.41, 5.74) is 0. The number of aliphatic hydroxyl groups is 2. The first-order valence-corrected chi connectivity index (χ1v) is 3.33. The summed E-state index contributed by atoms with van der Waals surface area (Å²) < 4.78 is 0. The quantitative estimate of drug-likeness (QED) is 0.587. The van der Waals surface area contributed by atoms with Gasteiger partial charge in [-0.25, -0.2) is 0 Å². The first-order chi connectivity index (χ1) is 4.46. The molecule has 0 aliphatic heterocycles. The molecule has 0 aliphatic rings. The van der Waals surface area contributed by atoms with Crippen LogP contribution in [0, 0.1) is 5.92 Å². The standard InChI is InChI=1S/C7H14O3/c1-4(2)6(9)7(10)5(3)8/h4,6-7,9-10H,1-3H3/t6-,7-/m0/s1. The summed E-state index contributed by atoms with van der Waals surface area (Å²) >= 11 is 0. The van der Waals surface area contributed by atoms with E-state index in [1.165, 1.54) is 6.92 Å². The molecular formula is C7H14O3. The van der Waals surface area contributed by atoms with E-state index in [0.717, 1.165) is 0 Å². The number of Topliss-reactive ketones (excluding diaryl/α,β-unsaturated/α-hetero) is 1. The van der Waals surface area contributed by atoms with E-state index in [0.29, 0.717) is 0 Å². The summed E-state index contributed by atoms with van der Waals surface area (Å²) in [6.07, 6.45) is -2.16. The van der Waals surface area contributed by atoms with Crippen molar-refractivity contribution in [2.45, 2.75) is 33.0 Å². The van der Waals surface area contributed by atoms with Gasteiger partial charge in [0.1, 0.15) is 6.10 Å². The van der Waals surface area contributed by atoms with Crippen LogP contribution in [0.15, 0.2) is 0 Å². The molecule has 0 aromatic rings. The molecule has 0 spiro atoms. The Morgan fingerprint density at radius 3 is 1.80 bits per heavy atom. The Hall–Kier alpha value is -0.410. The molecule has 0 aromatic heterocycles. The number of carbonyl (C=O) groups excluding carboxylic acids is 1. The lowest BCUT2D eigenvalue weighted by atomic mass is 10.00. The third kappa shape index (κ3) is 2.45. The Bertz CT molecular complexity index is 120. The summed E-state index contributed by atoms with van der Waals surface area (Å²) in [5.74, 6) is -0.472. The minimum Gasteiger partial charge on any atom is -0.390 e. The molecule has 0 radical (unpaired) electrons. The van der Waals surface area contributed by atoms with Gasteiger partial charge in [-0.15, -0.1) is 0 Å². The average molecular weight is 146 g/mol. The second-order valence-corrected chi connectivity index (χ2v) is 2.79. The smallest absolute Gasteiger partial charge is 0.160 e. The molecule has 60 valence electrons. The molecule has 0 aliphatic carbocycles. The van der Waals surface area contributed by atoms with Crippen LogP contribution in [-0.2, 0) is 4.79 Å². The van der Waals surface area contributed by atoms with Gasteiger partial charge in [0.05, 0.1) is 6.10 Å². The van der Waals surface area contributed by atoms with Crippen molar-refractivity contribution in [2.24, 2.45) is 5.92 Å². The fourth-order valence-corrected chi connectivity index (χ4v) is 0.605. The van der Waals surface area contributed by atoms with Crippen LogP contribution in [0.3, 0.4) is 0 Å². The molecule has 0 saturated carbocycles. The number of carbonyl (C=O) groups is 1. The maximum Gasteiger partial charge on any atom is 0.160 e. The molecule has 0 aromatic carbocycles. The predicted molar refractivity (Wildman–Crippen MR) is 37.5 cm³/mol. The Labute approximate surface area is 60.7 Å². The van der Waals surface area contributed by atoms with Crippen molar-refractivity contribution >= 4 is 5.78 Å². The van der Waals surface area contributed by atoms with Crippen LogP contribution >= 0.6 is 0 Å². The van der Waals surface area contributed by atoms with E-state index < -0.39 is 12.2 Å². The van der Waals surface area contributed by atoms with E-state index in [9.17, 15) is 4.79 Å². The highest BCUT2D eigenvalue weighted by Gasteiger charge is 2.22. The lowest BCUT2D eigenvalue weighted by Crippen LogP contribution is -2.35. The largest absolute Gasteiger partial charge is 0.390 e. The second kappa shape index (κ2) is 3.68. The van der Waals surface area contributed by atoms with E-state index >= 15 is 0 Å². The Balaban J connectivity index is 3.94. The van der Waals surface area contributed by atoms with Gasteiger partial charge in [0.15, 0.2) is 5.78 Å². The van der Waals surface area contributed by atoms with Crippen molar-refractivity contribution in [2.75, 3.05) is 0 Å². The molecule has 3 heteroatoms. The van der Waals surface area contributed by atoms with Gasteiger partial charge in [0.25, 0.3) is 0 Å². The highest BCUT2D eigenvalue weighted by atomic mass is 16.3. The highest BCUT2D eigenvalue weighted by Crippen LogP contribution is 2.06. The van der Waals surface area contributed by atoms with Gasteiger partial charge in [-0.05, 0) is 12.8 Å². The van der Waals surface area contributed by atoms with Crippen molar-refractivity contribution < 1.29 is 15.0 Å². The zero-order chi connectivity index (χ0) is 8.31. The molecule has 0 bridgehead atoms. The van der Waals surface area contributed by atoms with Gasteiger partial charge in [-0.1, -0.05) is 13.8 Å². The highest BCUT2D eigenvalue weighted by molar-refractivity contribution is 5.80. The van der Waals surface area contributed by atoms with Gasteiger partial charge in [0.2, 0.25) is 0 Å². The van der Waals surface area contributed by atoms with E-state index in [4.69, 9.17) is 10.2 Å². The van der Waals surface area contributed by atoms with Crippen LogP contribution in [-0.4, -0.2) is 28.2 Å². The second-order valence-electron chi connectivity index (χ2n) is 2.79. The predicted octanol–water partition coefficient (Wildman–Crippen LogP) is -0.0468. The Morgan fingerprint density at radius 2 is 1.70 bits per heavy atom. The molecule has 3 nitrogen and oxygen atoms in total. The van der Waals surface area contributed by atoms with Gasteiger partial charge in [-0.2, -0.15) is 0 Å².